The molecule has 152 valence electrons. The van der Waals surface area contributed by atoms with Crippen LogP contribution in [0.5, 0.6) is 5.75 Å². The number of hydrogen-bond acceptors (Lipinski definition) is 9. The molecule has 0 saturated carbocycles. The molecule has 0 unspecified atom stereocenters. The lowest BCUT2D eigenvalue weighted by Gasteiger charge is -2.39. The first-order valence-corrected chi connectivity index (χ1v) is 8.93. The summed E-state index contributed by atoms with van der Waals surface area (Å²) in [6.45, 7) is -0.562. The number of pyridine rings is 1. The summed E-state index contributed by atoms with van der Waals surface area (Å²) in [6.07, 6.45) is -4.09. The molecule has 0 aliphatic carbocycles. The summed E-state index contributed by atoms with van der Waals surface area (Å²) in [5, 5.41) is 39.3. The molecule has 9 nitrogen and oxygen atoms in total. The van der Waals surface area contributed by atoms with Crippen molar-refractivity contribution >= 4 is 11.0 Å². The zero-order valence-corrected chi connectivity index (χ0v) is 15.1. The van der Waals surface area contributed by atoms with Gasteiger partial charge in [0.2, 0.25) is 11.7 Å². The van der Waals surface area contributed by atoms with Crippen molar-refractivity contribution in [3.05, 3.63) is 59.1 Å². The van der Waals surface area contributed by atoms with Gasteiger partial charge in [-0.3, -0.25) is 9.78 Å². The van der Waals surface area contributed by atoms with Gasteiger partial charge in [-0.2, -0.15) is 0 Å². The molecule has 1 aromatic carbocycles. The van der Waals surface area contributed by atoms with Gasteiger partial charge in [-0.05, 0) is 24.3 Å². The zero-order valence-electron chi connectivity index (χ0n) is 15.1. The van der Waals surface area contributed by atoms with E-state index in [1.165, 1.54) is 24.5 Å². The van der Waals surface area contributed by atoms with E-state index >= 15 is 0 Å². The fourth-order valence-electron chi connectivity index (χ4n) is 3.18. The van der Waals surface area contributed by atoms with Gasteiger partial charge in [0, 0.05) is 12.3 Å². The number of aliphatic hydroxyl groups is 4. The fourth-order valence-corrected chi connectivity index (χ4v) is 3.18. The van der Waals surface area contributed by atoms with Gasteiger partial charge in [0.25, 0.3) is 0 Å². The van der Waals surface area contributed by atoms with E-state index in [0.717, 1.165) is 0 Å². The first-order chi connectivity index (χ1) is 14.0. The molecule has 5 atom stereocenters. The number of hydrogen-bond donors (Lipinski definition) is 4. The first kappa shape index (κ1) is 19.5. The molecule has 0 bridgehead atoms. The third kappa shape index (κ3) is 3.61. The van der Waals surface area contributed by atoms with E-state index in [1.807, 2.05) is 0 Å². The molecule has 3 aromatic rings. The van der Waals surface area contributed by atoms with E-state index in [1.54, 1.807) is 24.4 Å². The summed E-state index contributed by atoms with van der Waals surface area (Å²) in [5.74, 6) is 0.204. The largest absolute Gasteiger partial charge is 0.463 e. The van der Waals surface area contributed by atoms with Crippen LogP contribution in [0, 0.1) is 0 Å². The van der Waals surface area contributed by atoms with Crippen LogP contribution in [0.2, 0.25) is 0 Å². The summed E-state index contributed by atoms with van der Waals surface area (Å²) >= 11 is 0. The SMILES string of the molecule is O=c1c(-c2ccccn2)coc2cc(O[C@H]3O[C@@H](CO)[C@@H](O)[C@@H](O)[C@H]3O)ccc12. The van der Waals surface area contributed by atoms with Gasteiger partial charge in [-0.15, -0.1) is 0 Å². The molecule has 1 fully saturated rings. The van der Waals surface area contributed by atoms with Gasteiger partial charge in [0.1, 0.15) is 42.0 Å². The Bertz CT molecular complexity index is 1050. The molecule has 1 aliphatic heterocycles. The Labute approximate surface area is 164 Å². The van der Waals surface area contributed by atoms with Crippen molar-refractivity contribution < 1.29 is 34.3 Å². The monoisotopic (exact) mass is 401 g/mol. The smallest absolute Gasteiger partial charge is 0.229 e. The molecule has 2 aromatic heterocycles. The average molecular weight is 401 g/mol. The van der Waals surface area contributed by atoms with Gasteiger partial charge >= 0.3 is 0 Å². The second kappa shape index (κ2) is 7.90. The molecule has 29 heavy (non-hydrogen) atoms. The Morgan fingerprint density at radius 1 is 1.07 bits per heavy atom. The Hall–Kier alpha value is -2.82. The number of aliphatic hydroxyl groups excluding tert-OH is 4. The quantitative estimate of drug-likeness (QED) is 0.476. The van der Waals surface area contributed by atoms with E-state index in [9.17, 15) is 25.2 Å². The van der Waals surface area contributed by atoms with Crippen LogP contribution in [0.1, 0.15) is 0 Å². The molecule has 3 heterocycles. The maximum atomic E-state index is 12.7. The van der Waals surface area contributed by atoms with Crippen LogP contribution in [-0.4, -0.2) is 62.7 Å². The number of nitrogens with zero attached hydrogens (tertiary/aromatic N) is 1. The van der Waals surface area contributed by atoms with Crippen molar-refractivity contribution in [1.82, 2.24) is 4.98 Å². The molecule has 0 amide bonds. The summed E-state index contributed by atoms with van der Waals surface area (Å²) < 4.78 is 16.4. The molecule has 4 rings (SSSR count). The van der Waals surface area contributed by atoms with Gasteiger partial charge in [-0.25, -0.2) is 0 Å². The third-order valence-electron chi connectivity index (χ3n) is 4.79. The standard InChI is InChI=1S/C20H19NO8/c22-8-15-17(24)18(25)19(26)20(29-15)28-10-4-5-11-14(7-10)27-9-12(16(11)23)13-3-1-2-6-21-13/h1-7,9,15,17-20,22,24-26H,8H2/t15-,17+,18+,19+,20-/m0/s1. The van der Waals surface area contributed by atoms with Crippen LogP contribution in [0.25, 0.3) is 22.2 Å². The van der Waals surface area contributed by atoms with Gasteiger partial charge < -0.3 is 34.3 Å². The molecule has 9 heteroatoms. The maximum Gasteiger partial charge on any atom is 0.229 e. The predicted molar refractivity (Wildman–Crippen MR) is 100 cm³/mol. The van der Waals surface area contributed by atoms with Crippen molar-refractivity contribution in [2.24, 2.45) is 0 Å². The van der Waals surface area contributed by atoms with Crippen LogP contribution in [0.3, 0.4) is 0 Å². The molecular weight excluding hydrogens is 382 g/mol. The average Bonchev–Trinajstić information content (AvgIpc) is 2.75. The van der Waals surface area contributed by atoms with E-state index < -0.39 is 37.3 Å². The predicted octanol–water partition coefficient (Wildman–Crippen LogP) is 0.0337. The molecule has 0 radical (unpaired) electrons. The Morgan fingerprint density at radius 3 is 2.62 bits per heavy atom. The molecule has 1 saturated heterocycles. The van der Waals surface area contributed by atoms with Gasteiger partial charge in [-0.1, -0.05) is 6.07 Å². The van der Waals surface area contributed by atoms with E-state index in [2.05, 4.69) is 4.98 Å². The highest BCUT2D eigenvalue weighted by Gasteiger charge is 2.44. The Balaban J connectivity index is 1.62. The lowest BCUT2D eigenvalue weighted by molar-refractivity contribution is -0.277. The molecule has 1 aliphatic rings. The van der Waals surface area contributed by atoms with Crippen LogP contribution < -0.4 is 10.2 Å². The highest BCUT2D eigenvalue weighted by Crippen LogP contribution is 2.27. The minimum atomic E-state index is -1.55. The van der Waals surface area contributed by atoms with Gasteiger partial charge in [0.05, 0.1) is 23.3 Å². The van der Waals surface area contributed by atoms with Crippen molar-refractivity contribution in [2.75, 3.05) is 6.61 Å². The highest BCUT2D eigenvalue weighted by molar-refractivity contribution is 5.81. The molecule has 0 spiro atoms. The zero-order chi connectivity index (χ0) is 20.5. The number of aromatic nitrogens is 1. The summed E-state index contributed by atoms with van der Waals surface area (Å²) in [6, 6.07) is 9.66. The fraction of sp³-hybridized carbons (Fsp3) is 0.300. The van der Waals surface area contributed by atoms with Crippen LogP contribution in [0.15, 0.2) is 58.1 Å². The second-order valence-electron chi connectivity index (χ2n) is 6.67. The minimum Gasteiger partial charge on any atom is -0.463 e. The summed E-state index contributed by atoms with van der Waals surface area (Å²) in [5.41, 5.74) is 0.798. The normalized spacial score (nSPS) is 27.1. The van der Waals surface area contributed by atoms with Crippen LogP contribution >= 0.6 is 0 Å². The summed E-state index contributed by atoms with van der Waals surface area (Å²) in [7, 11) is 0. The van der Waals surface area contributed by atoms with E-state index in [-0.39, 0.29) is 16.8 Å². The maximum absolute atomic E-state index is 12.7. The Kier molecular flexibility index (Phi) is 5.31. The van der Waals surface area contributed by atoms with Crippen LogP contribution in [0.4, 0.5) is 0 Å². The lowest BCUT2D eigenvalue weighted by atomic mass is 9.99. The molecular formula is C20H19NO8. The lowest BCUT2D eigenvalue weighted by Crippen LogP contribution is -2.60. The summed E-state index contributed by atoms with van der Waals surface area (Å²) in [4.78, 5) is 16.9. The Morgan fingerprint density at radius 2 is 1.90 bits per heavy atom. The number of fused-ring (bicyclic) bond motifs is 1. The van der Waals surface area contributed by atoms with E-state index in [0.29, 0.717) is 16.6 Å². The van der Waals surface area contributed by atoms with Crippen molar-refractivity contribution in [2.45, 2.75) is 30.7 Å². The number of ether oxygens (including phenoxy) is 2. The highest BCUT2D eigenvalue weighted by atomic mass is 16.7. The first-order valence-electron chi connectivity index (χ1n) is 8.93. The third-order valence-corrected chi connectivity index (χ3v) is 4.79. The van der Waals surface area contributed by atoms with Crippen molar-refractivity contribution in [3.8, 4) is 17.0 Å². The minimum absolute atomic E-state index is 0.204. The van der Waals surface area contributed by atoms with E-state index in [4.69, 9.17) is 13.9 Å². The second-order valence-corrected chi connectivity index (χ2v) is 6.67. The number of benzene rings is 1. The van der Waals surface area contributed by atoms with Gasteiger partial charge in [0.15, 0.2) is 0 Å². The van der Waals surface area contributed by atoms with Crippen molar-refractivity contribution in [1.29, 1.82) is 0 Å². The van der Waals surface area contributed by atoms with Crippen LogP contribution in [-0.2, 0) is 4.74 Å². The number of rotatable bonds is 4. The topological polar surface area (TPSA) is 142 Å². The molecule has 4 N–H and O–H groups in total. The van der Waals surface area contributed by atoms with Crippen molar-refractivity contribution in [3.63, 3.8) is 0 Å².